The van der Waals surface area contributed by atoms with Crippen LogP contribution in [0.15, 0.2) is 23.1 Å². The third-order valence-electron chi connectivity index (χ3n) is 3.43. The lowest BCUT2D eigenvalue weighted by atomic mass is 10.1. The average Bonchev–Trinajstić information content (AvgIpc) is 2.92. The van der Waals surface area contributed by atoms with E-state index in [0.717, 1.165) is 24.0 Å². The van der Waals surface area contributed by atoms with Crippen LogP contribution in [-0.2, 0) is 23.0 Å². The molecule has 18 heavy (non-hydrogen) atoms. The molecule has 4 nitrogen and oxygen atoms in total. The Bertz CT molecular complexity index is 520. The van der Waals surface area contributed by atoms with Gasteiger partial charge in [0.25, 0.3) is 0 Å². The van der Waals surface area contributed by atoms with Gasteiger partial charge in [0.15, 0.2) is 0 Å². The predicted molar refractivity (Wildman–Crippen MR) is 71.7 cm³/mol. The number of hydrogen-bond donors (Lipinski definition) is 1. The Morgan fingerprint density at radius 1 is 1.28 bits per heavy atom. The summed E-state index contributed by atoms with van der Waals surface area (Å²) >= 11 is 0. The molecule has 2 rings (SSSR count). The van der Waals surface area contributed by atoms with Gasteiger partial charge in [-0.15, -0.1) is 0 Å². The fourth-order valence-electron chi connectivity index (χ4n) is 2.33. The van der Waals surface area contributed by atoms with Gasteiger partial charge in [-0.3, -0.25) is 0 Å². The highest BCUT2D eigenvalue weighted by molar-refractivity contribution is 7.89. The Morgan fingerprint density at radius 2 is 1.94 bits per heavy atom. The zero-order valence-electron chi connectivity index (χ0n) is 10.7. The lowest BCUT2D eigenvalue weighted by molar-refractivity contribution is 0.476. The molecular formula is C13H20N2O2S. The zero-order valence-corrected chi connectivity index (χ0v) is 11.5. The first kappa shape index (κ1) is 13.5. The van der Waals surface area contributed by atoms with Crippen molar-refractivity contribution in [3.8, 4) is 0 Å². The van der Waals surface area contributed by atoms with Gasteiger partial charge < -0.3 is 5.73 Å². The van der Waals surface area contributed by atoms with E-state index in [1.807, 2.05) is 19.1 Å². The quantitative estimate of drug-likeness (QED) is 0.900. The summed E-state index contributed by atoms with van der Waals surface area (Å²) < 4.78 is 26.7. The number of aryl methyl sites for hydroxylation is 1. The van der Waals surface area contributed by atoms with Crippen molar-refractivity contribution in [3.05, 3.63) is 29.3 Å². The molecule has 0 unspecified atom stereocenters. The van der Waals surface area contributed by atoms with Crippen molar-refractivity contribution in [3.63, 3.8) is 0 Å². The number of rotatable bonds is 4. The number of nitrogens with zero attached hydrogens (tertiary/aromatic N) is 1. The summed E-state index contributed by atoms with van der Waals surface area (Å²) in [5, 5.41) is 0. The van der Waals surface area contributed by atoms with Crippen LogP contribution in [0, 0.1) is 0 Å². The molecular weight excluding hydrogens is 248 g/mol. The normalized spacial score (nSPS) is 17.2. The maximum absolute atomic E-state index is 12.6. The molecule has 0 amide bonds. The van der Waals surface area contributed by atoms with Crippen LogP contribution < -0.4 is 5.73 Å². The molecule has 0 aromatic heterocycles. The van der Waals surface area contributed by atoms with Crippen LogP contribution in [-0.4, -0.2) is 25.8 Å². The van der Waals surface area contributed by atoms with Crippen molar-refractivity contribution in [1.29, 1.82) is 0 Å². The largest absolute Gasteiger partial charge is 0.326 e. The van der Waals surface area contributed by atoms with Gasteiger partial charge in [-0.2, -0.15) is 4.31 Å². The van der Waals surface area contributed by atoms with Crippen molar-refractivity contribution in [2.75, 3.05) is 13.1 Å². The van der Waals surface area contributed by atoms with Crippen LogP contribution >= 0.6 is 0 Å². The van der Waals surface area contributed by atoms with Gasteiger partial charge in [-0.25, -0.2) is 8.42 Å². The monoisotopic (exact) mass is 268 g/mol. The maximum atomic E-state index is 12.6. The molecule has 5 heteroatoms. The second-order valence-corrected chi connectivity index (χ2v) is 6.52. The zero-order chi connectivity index (χ0) is 13.2. The highest BCUT2D eigenvalue weighted by atomic mass is 32.2. The summed E-state index contributed by atoms with van der Waals surface area (Å²) in [5.41, 5.74) is 7.34. The Balaban J connectivity index is 2.47. The second kappa shape index (κ2) is 5.38. The summed E-state index contributed by atoms with van der Waals surface area (Å²) in [4.78, 5) is 0.440. The Hall–Kier alpha value is -0.910. The van der Waals surface area contributed by atoms with Crippen molar-refractivity contribution in [2.45, 2.75) is 37.6 Å². The molecule has 0 saturated carbocycles. The highest BCUT2D eigenvalue weighted by Crippen LogP contribution is 2.25. The molecule has 2 N–H and O–H groups in total. The van der Waals surface area contributed by atoms with E-state index in [-0.39, 0.29) is 0 Å². The molecule has 1 aliphatic heterocycles. The maximum Gasteiger partial charge on any atom is 0.243 e. The van der Waals surface area contributed by atoms with Crippen LogP contribution in [0.25, 0.3) is 0 Å². The lowest BCUT2D eigenvalue weighted by Crippen LogP contribution is -2.28. The molecule has 1 aromatic rings. The smallest absolute Gasteiger partial charge is 0.243 e. The van der Waals surface area contributed by atoms with Crippen LogP contribution in [0.4, 0.5) is 0 Å². The third kappa shape index (κ3) is 2.43. The van der Waals surface area contributed by atoms with Gasteiger partial charge in [-0.1, -0.05) is 19.1 Å². The lowest BCUT2D eigenvalue weighted by Gasteiger charge is -2.18. The van der Waals surface area contributed by atoms with Crippen molar-refractivity contribution in [2.24, 2.45) is 5.73 Å². The summed E-state index contributed by atoms with van der Waals surface area (Å²) in [6, 6.07) is 5.51. The highest BCUT2D eigenvalue weighted by Gasteiger charge is 2.28. The molecule has 0 atom stereocenters. The SMILES string of the molecule is CCc1ccc(CN)cc1S(=O)(=O)N1CCCC1. The predicted octanol–water partition coefficient (Wildman–Crippen LogP) is 1.49. The van der Waals surface area contributed by atoms with Crippen molar-refractivity contribution in [1.82, 2.24) is 4.31 Å². The first-order valence-electron chi connectivity index (χ1n) is 6.41. The van der Waals surface area contributed by atoms with E-state index in [1.54, 1.807) is 10.4 Å². The second-order valence-electron chi connectivity index (χ2n) is 4.61. The Labute approximate surface area is 109 Å². The molecule has 0 spiro atoms. The first-order valence-corrected chi connectivity index (χ1v) is 7.85. The average molecular weight is 268 g/mol. The van der Waals surface area contributed by atoms with E-state index >= 15 is 0 Å². The van der Waals surface area contributed by atoms with Gasteiger partial charge >= 0.3 is 0 Å². The third-order valence-corrected chi connectivity index (χ3v) is 5.41. The van der Waals surface area contributed by atoms with E-state index in [1.165, 1.54) is 0 Å². The minimum atomic E-state index is -3.34. The summed E-state index contributed by atoms with van der Waals surface area (Å²) in [6.45, 7) is 3.61. The van der Waals surface area contributed by atoms with Gasteiger partial charge in [0, 0.05) is 19.6 Å². The van der Waals surface area contributed by atoms with Gasteiger partial charge in [0.2, 0.25) is 10.0 Å². The minimum absolute atomic E-state index is 0.368. The molecule has 0 radical (unpaired) electrons. The molecule has 1 saturated heterocycles. The van der Waals surface area contributed by atoms with E-state index in [0.29, 0.717) is 31.0 Å². The standard InChI is InChI=1S/C13H20N2O2S/c1-2-12-6-5-11(10-14)9-13(12)18(16,17)15-7-3-4-8-15/h5-6,9H,2-4,7-8,10,14H2,1H3. The topological polar surface area (TPSA) is 63.4 Å². The van der Waals surface area contributed by atoms with Crippen molar-refractivity contribution >= 4 is 10.0 Å². The van der Waals surface area contributed by atoms with E-state index in [2.05, 4.69) is 0 Å². The van der Waals surface area contributed by atoms with E-state index < -0.39 is 10.0 Å². The van der Waals surface area contributed by atoms with Gasteiger partial charge in [0.1, 0.15) is 0 Å². The summed E-state index contributed by atoms with van der Waals surface area (Å²) in [7, 11) is -3.34. The number of sulfonamides is 1. The number of hydrogen-bond acceptors (Lipinski definition) is 3. The Morgan fingerprint density at radius 3 is 2.50 bits per heavy atom. The van der Waals surface area contributed by atoms with Crippen LogP contribution in [0.1, 0.15) is 30.9 Å². The minimum Gasteiger partial charge on any atom is -0.326 e. The molecule has 1 heterocycles. The Kier molecular flexibility index (Phi) is 4.04. The van der Waals surface area contributed by atoms with Crippen molar-refractivity contribution < 1.29 is 8.42 Å². The molecule has 1 fully saturated rings. The first-order chi connectivity index (χ1) is 8.59. The number of nitrogens with two attached hydrogens (primary N) is 1. The summed E-state index contributed by atoms with van der Waals surface area (Å²) in [6.07, 6.45) is 2.63. The summed E-state index contributed by atoms with van der Waals surface area (Å²) in [5.74, 6) is 0. The fourth-order valence-corrected chi connectivity index (χ4v) is 4.19. The molecule has 100 valence electrons. The number of benzene rings is 1. The van der Waals surface area contributed by atoms with Crippen LogP contribution in [0.2, 0.25) is 0 Å². The molecule has 0 aliphatic carbocycles. The molecule has 1 aromatic carbocycles. The van der Waals surface area contributed by atoms with E-state index in [4.69, 9.17) is 5.73 Å². The molecule has 0 bridgehead atoms. The van der Waals surface area contributed by atoms with Crippen LogP contribution in [0.3, 0.4) is 0 Å². The van der Waals surface area contributed by atoms with Gasteiger partial charge in [0.05, 0.1) is 4.90 Å². The van der Waals surface area contributed by atoms with Crippen LogP contribution in [0.5, 0.6) is 0 Å². The fraction of sp³-hybridized carbons (Fsp3) is 0.538. The molecule has 1 aliphatic rings. The van der Waals surface area contributed by atoms with Gasteiger partial charge in [-0.05, 0) is 36.5 Å². The van der Waals surface area contributed by atoms with E-state index in [9.17, 15) is 8.42 Å².